The number of hydrogen-bond donors (Lipinski definition) is 4. The summed E-state index contributed by atoms with van der Waals surface area (Å²) in [6.45, 7) is 0. The second kappa shape index (κ2) is 7.62. The highest BCUT2D eigenvalue weighted by Crippen LogP contribution is 2.47. The van der Waals surface area contributed by atoms with E-state index in [2.05, 4.69) is 37.2 Å². The first-order chi connectivity index (χ1) is 13.5. The van der Waals surface area contributed by atoms with Gasteiger partial charge in [-0.1, -0.05) is 46.3 Å². The van der Waals surface area contributed by atoms with Crippen LogP contribution in [0.2, 0.25) is 0 Å². The number of amides is 2. The van der Waals surface area contributed by atoms with Crippen LogP contribution in [-0.4, -0.2) is 33.9 Å². The van der Waals surface area contributed by atoms with E-state index in [9.17, 15) is 33.0 Å². The number of ketones is 1. The Balaban J connectivity index is 2.24. The zero-order valence-corrected chi connectivity index (χ0v) is 17.5. The molecule has 3 rings (SSSR count). The first kappa shape index (κ1) is 21.6. The molecule has 0 saturated carbocycles. The minimum absolute atomic E-state index is 0.100. The van der Waals surface area contributed by atoms with Crippen LogP contribution in [0.25, 0.3) is 0 Å². The van der Waals surface area contributed by atoms with Crippen LogP contribution >= 0.6 is 31.9 Å². The maximum atomic E-state index is 13.8. The lowest BCUT2D eigenvalue weighted by molar-refractivity contribution is -0.287. The zero-order chi connectivity index (χ0) is 21.6. The third-order valence-electron chi connectivity index (χ3n) is 4.54. The predicted octanol–water partition coefficient (Wildman–Crippen LogP) is 4.02. The Bertz CT molecular complexity index is 972. The average Bonchev–Trinajstić information content (AvgIpc) is 2.63. The molecule has 3 atom stereocenters. The van der Waals surface area contributed by atoms with Crippen LogP contribution in [0, 0.1) is 5.92 Å². The summed E-state index contributed by atoms with van der Waals surface area (Å²) in [7, 11) is 0. The van der Waals surface area contributed by atoms with Crippen LogP contribution in [0.1, 0.15) is 22.0 Å². The van der Waals surface area contributed by atoms with Crippen LogP contribution in [-0.2, 0) is 0 Å². The number of aromatic hydroxyl groups is 1. The topological polar surface area (TPSA) is 98.7 Å². The maximum Gasteiger partial charge on any atom is 0.437 e. The molecule has 0 radical (unpaired) electrons. The van der Waals surface area contributed by atoms with Gasteiger partial charge in [0.2, 0.25) is 5.72 Å². The number of phenolic OH excluding ortho intramolecular Hbond substituents is 1. The summed E-state index contributed by atoms with van der Waals surface area (Å²) >= 11 is 6.23. The molecule has 1 fully saturated rings. The summed E-state index contributed by atoms with van der Waals surface area (Å²) in [5, 5.41) is 24.6. The van der Waals surface area contributed by atoms with Gasteiger partial charge in [0.1, 0.15) is 11.7 Å². The Morgan fingerprint density at radius 3 is 2.34 bits per heavy atom. The lowest BCUT2D eigenvalue weighted by Crippen LogP contribution is -2.72. The van der Waals surface area contributed by atoms with Crippen LogP contribution in [0.4, 0.5) is 18.0 Å². The molecule has 1 aliphatic heterocycles. The molecule has 0 aromatic heterocycles. The van der Waals surface area contributed by atoms with E-state index in [0.717, 1.165) is 0 Å². The molecule has 2 aromatic carbocycles. The Morgan fingerprint density at radius 2 is 1.76 bits per heavy atom. The van der Waals surface area contributed by atoms with Crippen LogP contribution < -0.4 is 10.6 Å². The standard InChI is InChI=1S/C18H13Br2F3N2O4/c19-9-6-10(15(27)11(20)7-9)13-12(14(26)8-4-2-1-3-5-8)17(29,18(21,22)23)25-16(28)24-13/h1-7,12-13,27,29H,(H2,24,25,28). The molecule has 4 N–H and O–H groups in total. The summed E-state index contributed by atoms with van der Waals surface area (Å²) in [5.41, 5.74) is -4.15. The molecule has 0 bridgehead atoms. The highest BCUT2D eigenvalue weighted by atomic mass is 79.9. The number of carbonyl (C=O) groups excluding carboxylic acids is 2. The van der Waals surface area contributed by atoms with Crippen molar-refractivity contribution < 1.29 is 33.0 Å². The van der Waals surface area contributed by atoms with E-state index in [0.29, 0.717) is 4.47 Å². The normalized spacial score (nSPS) is 24.6. The number of aliphatic hydroxyl groups is 1. The number of alkyl halides is 3. The van der Waals surface area contributed by atoms with Gasteiger partial charge >= 0.3 is 12.2 Å². The molecule has 0 aliphatic carbocycles. The molecule has 1 aliphatic rings. The number of benzene rings is 2. The fraction of sp³-hybridized carbons (Fsp3) is 0.222. The van der Waals surface area contributed by atoms with Gasteiger partial charge in [-0.25, -0.2) is 4.79 Å². The van der Waals surface area contributed by atoms with Gasteiger partial charge in [0.25, 0.3) is 0 Å². The molecule has 2 aromatic rings. The molecule has 1 heterocycles. The second-order valence-electron chi connectivity index (χ2n) is 6.37. The lowest BCUT2D eigenvalue weighted by Gasteiger charge is -2.45. The maximum absolute atomic E-state index is 13.8. The van der Waals surface area contributed by atoms with E-state index in [1.54, 1.807) is 6.07 Å². The highest BCUT2D eigenvalue weighted by Gasteiger charge is 2.66. The minimum Gasteiger partial charge on any atom is -0.506 e. The largest absolute Gasteiger partial charge is 0.506 e. The number of urea groups is 1. The van der Waals surface area contributed by atoms with Gasteiger partial charge in [0, 0.05) is 15.6 Å². The number of rotatable bonds is 3. The Labute approximate surface area is 179 Å². The summed E-state index contributed by atoms with van der Waals surface area (Å²) in [6, 6.07) is 6.74. The fourth-order valence-corrected chi connectivity index (χ4v) is 4.46. The summed E-state index contributed by atoms with van der Waals surface area (Å²) in [4.78, 5) is 25.1. The summed E-state index contributed by atoms with van der Waals surface area (Å²) in [6.07, 6.45) is -5.38. The Morgan fingerprint density at radius 1 is 1.14 bits per heavy atom. The third kappa shape index (κ3) is 3.86. The van der Waals surface area contributed by atoms with E-state index < -0.39 is 41.4 Å². The molecule has 3 unspecified atom stereocenters. The summed E-state index contributed by atoms with van der Waals surface area (Å²) in [5.74, 6) is -3.77. The van der Waals surface area contributed by atoms with Gasteiger partial charge in [-0.05, 0) is 28.1 Å². The lowest BCUT2D eigenvalue weighted by atomic mass is 9.77. The van der Waals surface area contributed by atoms with E-state index >= 15 is 0 Å². The van der Waals surface area contributed by atoms with Gasteiger partial charge in [0.15, 0.2) is 5.78 Å². The van der Waals surface area contributed by atoms with Gasteiger partial charge in [-0.3, -0.25) is 4.79 Å². The zero-order valence-electron chi connectivity index (χ0n) is 14.3. The molecular formula is C18H13Br2F3N2O4. The van der Waals surface area contributed by atoms with Crippen molar-refractivity contribution in [2.45, 2.75) is 17.9 Å². The number of carbonyl (C=O) groups is 2. The monoisotopic (exact) mass is 536 g/mol. The number of nitrogens with one attached hydrogen (secondary N) is 2. The molecule has 29 heavy (non-hydrogen) atoms. The second-order valence-corrected chi connectivity index (χ2v) is 8.14. The van der Waals surface area contributed by atoms with Gasteiger partial charge < -0.3 is 20.8 Å². The molecule has 154 valence electrons. The third-order valence-corrected chi connectivity index (χ3v) is 5.60. The SMILES string of the molecule is O=C1NC(c2cc(Br)cc(Br)c2O)C(C(=O)c2ccccc2)C(O)(C(F)(F)F)N1. The van der Waals surface area contributed by atoms with E-state index in [1.807, 2.05) is 0 Å². The van der Waals surface area contributed by atoms with Crippen LogP contribution in [0.15, 0.2) is 51.4 Å². The number of halogens is 5. The molecule has 6 nitrogen and oxygen atoms in total. The number of phenols is 1. The first-order valence-electron chi connectivity index (χ1n) is 8.10. The number of Topliss-reactive ketones (excluding diaryl/α,β-unsaturated/α-hetero) is 1. The van der Waals surface area contributed by atoms with Crippen molar-refractivity contribution in [3.8, 4) is 5.75 Å². The van der Waals surface area contributed by atoms with Gasteiger partial charge in [0.05, 0.1) is 10.5 Å². The highest BCUT2D eigenvalue weighted by molar-refractivity contribution is 9.11. The van der Waals surface area contributed by atoms with Crippen molar-refractivity contribution in [2.75, 3.05) is 0 Å². The van der Waals surface area contributed by atoms with E-state index in [1.165, 1.54) is 41.7 Å². The minimum atomic E-state index is -5.38. The van der Waals surface area contributed by atoms with Crippen molar-refractivity contribution in [3.05, 3.63) is 62.5 Å². The average molecular weight is 538 g/mol. The van der Waals surface area contributed by atoms with Crippen molar-refractivity contribution in [2.24, 2.45) is 5.92 Å². The van der Waals surface area contributed by atoms with E-state index in [-0.39, 0.29) is 15.6 Å². The van der Waals surface area contributed by atoms with E-state index in [4.69, 9.17) is 0 Å². The Hall–Kier alpha value is -2.11. The smallest absolute Gasteiger partial charge is 0.437 e. The Kier molecular flexibility index (Phi) is 5.67. The molecule has 1 saturated heterocycles. The quantitative estimate of drug-likeness (QED) is 0.444. The van der Waals surface area contributed by atoms with Gasteiger partial charge in [-0.15, -0.1) is 0 Å². The predicted molar refractivity (Wildman–Crippen MR) is 103 cm³/mol. The van der Waals surface area contributed by atoms with Crippen molar-refractivity contribution in [3.63, 3.8) is 0 Å². The molecule has 2 amide bonds. The molecule has 0 spiro atoms. The van der Waals surface area contributed by atoms with Crippen LogP contribution in [0.3, 0.4) is 0 Å². The fourth-order valence-electron chi connectivity index (χ4n) is 3.20. The molecule has 11 heteroatoms. The van der Waals surface area contributed by atoms with Crippen molar-refractivity contribution in [1.82, 2.24) is 10.6 Å². The summed E-state index contributed by atoms with van der Waals surface area (Å²) < 4.78 is 42.0. The first-order valence-corrected chi connectivity index (χ1v) is 9.69. The van der Waals surface area contributed by atoms with Crippen molar-refractivity contribution >= 4 is 43.7 Å². The van der Waals surface area contributed by atoms with Gasteiger partial charge in [-0.2, -0.15) is 13.2 Å². The van der Waals surface area contributed by atoms with Crippen molar-refractivity contribution in [1.29, 1.82) is 0 Å². The molecular weight excluding hydrogens is 525 g/mol. The number of hydrogen-bond acceptors (Lipinski definition) is 4. The van der Waals surface area contributed by atoms with Crippen LogP contribution in [0.5, 0.6) is 5.75 Å².